The van der Waals surface area contributed by atoms with E-state index in [2.05, 4.69) is 17.2 Å². The molecule has 0 bridgehead atoms. The molecule has 0 aliphatic heterocycles. The third kappa shape index (κ3) is 7.76. The topological polar surface area (TPSA) is 101 Å². The number of esters is 1. The Morgan fingerprint density at radius 2 is 1.95 bits per heavy atom. The molecule has 21 heavy (non-hydrogen) atoms. The molecule has 0 heterocycles. The molecule has 7 nitrogen and oxygen atoms in total. The molecule has 0 fully saturated rings. The Morgan fingerprint density at radius 3 is 2.38 bits per heavy atom. The first-order valence-corrected chi connectivity index (χ1v) is 6.51. The second-order valence-electron chi connectivity index (χ2n) is 4.95. The minimum absolute atomic E-state index is 0.0394. The van der Waals surface area contributed by atoms with Gasteiger partial charge in [0.25, 0.3) is 0 Å². The lowest BCUT2D eigenvalue weighted by Crippen LogP contribution is -2.38. The van der Waals surface area contributed by atoms with E-state index in [-0.39, 0.29) is 18.0 Å². The fourth-order valence-electron chi connectivity index (χ4n) is 1.23. The largest absolute Gasteiger partial charge is 0.462 e. The van der Waals surface area contributed by atoms with Crippen LogP contribution < -0.4 is 10.6 Å². The molecule has 0 aromatic carbocycles. The predicted octanol–water partition coefficient (Wildman–Crippen LogP) is 1.71. The minimum atomic E-state index is -0.738. The van der Waals surface area contributed by atoms with Gasteiger partial charge >= 0.3 is 12.1 Å². The van der Waals surface area contributed by atoms with Crippen molar-refractivity contribution in [2.45, 2.75) is 33.3 Å². The maximum absolute atomic E-state index is 11.8. The molecule has 7 heteroatoms. The summed E-state index contributed by atoms with van der Waals surface area (Å²) in [4.78, 5) is 23.5. The number of nitrogens with one attached hydrogen (secondary N) is 3. The Kier molecular flexibility index (Phi) is 7.81. The highest BCUT2D eigenvalue weighted by atomic mass is 16.6. The van der Waals surface area contributed by atoms with Gasteiger partial charge in [0.05, 0.1) is 6.61 Å². The lowest BCUT2D eigenvalue weighted by molar-refractivity contribution is -0.137. The Labute approximate surface area is 124 Å². The van der Waals surface area contributed by atoms with Gasteiger partial charge in [0.15, 0.2) is 0 Å². The summed E-state index contributed by atoms with van der Waals surface area (Å²) in [5, 5.41) is 12.5. The number of hydrogen-bond acceptors (Lipinski definition) is 6. The van der Waals surface area contributed by atoms with Crippen molar-refractivity contribution < 1.29 is 19.1 Å². The average molecular weight is 297 g/mol. The first-order chi connectivity index (χ1) is 9.75. The van der Waals surface area contributed by atoms with E-state index in [1.807, 2.05) is 0 Å². The molecule has 0 atom stereocenters. The molecule has 0 spiro atoms. The smallest absolute Gasteiger partial charge is 0.413 e. The van der Waals surface area contributed by atoms with Gasteiger partial charge in [-0.1, -0.05) is 6.08 Å². The van der Waals surface area contributed by atoms with Crippen molar-refractivity contribution in [1.29, 1.82) is 5.41 Å². The predicted molar refractivity (Wildman–Crippen MR) is 80.0 cm³/mol. The third-order valence-electron chi connectivity index (χ3n) is 1.96. The van der Waals surface area contributed by atoms with Gasteiger partial charge in [-0.15, -0.1) is 6.58 Å². The molecule has 0 rings (SSSR count). The van der Waals surface area contributed by atoms with Crippen LogP contribution in [-0.4, -0.2) is 37.0 Å². The van der Waals surface area contributed by atoms with E-state index in [0.29, 0.717) is 6.54 Å². The van der Waals surface area contributed by atoms with Crippen molar-refractivity contribution in [3.8, 4) is 0 Å². The molecule has 0 unspecified atom stereocenters. The maximum atomic E-state index is 11.8. The lowest BCUT2D eigenvalue weighted by Gasteiger charge is -2.21. The molecule has 0 saturated carbocycles. The second-order valence-corrected chi connectivity index (χ2v) is 4.95. The van der Waals surface area contributed by atoms with Gasteiger partial charge in [-0.05, 0) is 27.7 Å². The summed E-state index contributed by atoms with van der Waals surface area (Å²) in [5.41, 5.74) is -0.785. The van der Waals surface area contributed by atoms with Crippen LogP contribution in [0.3, 0.4) is 0 Å². The number of alkyl carbamates (subject to hydrolysis) is 1. The van der Waals surface area contributed by atoms with Crippen LogP contribution in [0.1, 0.15) is 27.7 Å². The first kappa shape index (κ1) is 18.7. The SMILES string of the molecule is C=CCN/C(NC(=O)OC(C)(C)C)=C(\C=N)C(=O)OCC. The summed E-state index contributed by atoms with van der Waals surface area (Å²) >= 11 is 0. The fourth-order valence-corrected chi connectivity index (χ4v) is 1.23. The zero-order valence-corrected chi connectivity index (χ0v) is 12.9. The van der Waals surface area contributed by atoms with Crippen LogP contribution in [0.4, 0.5) is 4.79 Å². The van der Waals surface area contributed by atoms with E-state index in [4.69, 9.17) is 14.9 Å². The summed E-state index contributed by atoms with van der Waals surface area (Å²) in [6, 6.07) is 0. The molecular weight excluding hydrogens is 274 g/mol. The van der Waals surface area contributed by atoms with E-state index >= 15 is 0 Å². The van der Waals surface area contributed by atoms with E-state index in [9.17, 15) is 9.59 Å². The Balaban J connectivity index is 5.23. The Bertz CT molecular complexity index is 436. The van der Waals surface area contributed by atoms with Gasteiger partial charge in [0.2, 0.25) is 0 Å². The standard InChI is InChI=1S/C14H23N3O4/c1-6-8-16-11(10(9-15)12(18)20-7-2)17-13(19)21-14(3,4)5/h6,9,15-16H,1,7-8H2,2-5H3,(H,17,19)/b11-10-,15-9?. The van der Waals surface area contributed by atoms with Crippen LogP contribution >= 0.6 is 0 Å². The van der Waals surface area contributed by atoms with Crippen molar-refractivity contribution >= 4 is 18.3 Å². The molecule has 0 aromatic rings. The lowest BCUT2D eigenvalue weighted by atomic mass is 10.2. The van der Waals surface area contributed by atoms with Gasteiger partial charge < -0.3 is 20.2 Å². The average Bonchev–Trinajstić information content (AvgIpc) is 2.34. The van der Waals surface area contributed by atoms with E-state index in [1.54, 1.807) is 33.8 Å². The molecule has 0 saturated heterocycles. The van der Waals surface area contributed by atoms with Crippen LogP contribution in [-0.2, 0) is 14.3 Å². The number of carbonyl (C=O) groups is 2. The molecule has 0 aromatic heterocycles. The summed E-state index contributed by atoms with van der Waals surface area (Å²) in [6.07, 6.45) is 1.61. The summed E-state index contributed by atoms with van der Waals surface area (Å²) in [5.74, 6) is -0.673. The van der Waals surface area contributed by atoms with Gasteiger partial charge in [-0.25, -0.2) is 9.59 Å². The highest BCUT2D eigenvalue weighted by Crippen LogP contribution is 2.08. The zero-order chi connectivity index (χ0) is 16.5. The molecule has 0 aliphatic carbocycles. The molecule has 0 radical (unpaired) electrons. The Hall–Kier alpha value is -2.31. The normalized spacial score (nSPS) is 11.8. The van der Waals surface area contributed by atoms with Crippen LogP contribution in [0, 0.1) is 5.41 Å². The van der Waals surface area contributed by atoms with Gasteiger partial charge in [-0.3, -0.25) is 5.32 Å². The first-order valence-electron chi connectivity index (χ1n) is 6.51. The van der Waals surface area contributed by atoms with Crippen molar-refractivity contribution in [2.24, 2.45) is 0 Å². The molecule has 118 valence electrons. The monoisotopic (exact) mass is 297 g/mol. The number of amides is 1. The van der Waals surface area contributed by atoms with Gasteiger partial charge in [0.1, 0.15) is 17.0 Å². The maximum Gasteiger partial charge on any atom is 0.413 e. The van der Waals surface area contributed by atoms with Crippen molar-refractivity contribution in [2.75, 3.05) is 13.2 Å². The van der Waals surface area contributed by atoms with Crippen molar-refractivity contribution in [3.63, 3.8) is 0 Å². The van der Waals surface area contributed by atoms with Crippen molar-refractivity contribution in [1.82, 2.24) is 10.6 Å². The highest BCUT2D eigenvalue weighted by molar-refractivity contribution is 6.09. The quantitative estimate of drug-likeness (QED) is 0.287. The fraction of sp³-hybridized carbons (Fsp3) is 0.500. The molecule has 1 amide bonds. The molecular formula is C14H23N3O4. The van der Waals surface area contributed by atoms with Gasteiger partial charge in [-0.2, -0.15) is 0 Å². The van der Waals surface area contributed by atoms with Crippen LogP contribution in [0.25, 0.3) is 0 Å². The van der Waals surface area contributed by atoms with Crippen LogP contribution in [0.2, 0.25) is 0 Å². The summed E-state index contributed by atoms with van der Waals surface area (Å²) in [7, 11) is 0. The van der Waals surface area contributed by atoms with Gasteiger partial charge in [0, 0.05) is 12.8 Å². The highest BCUT2D eigenvalue weighted by Gasteiger charge is 2.20. The van der Waals surface area contributed by atoms with Crippen LogP contribution in [0.5, 0.6) is 0 Å². The van der Waals surface area contributed by atoms with Crippen LogP contribution in [0.15, 0.2) is 24.0 Å². The molecule has 0 aliphatic rings. The molecule has 3 N–H and O–H groups in total. The number of hydrogen-bond donors (Lipinski definition) is 3. The third-order valence-corrected chi connectivity index (χ3v) is 1.96. The number of carbonyl (C=O) groups excluding carboxylic acids is 2. The number of ether oxygens (including phenoxy) is 2. The second kappa shape index (κ2) is 8.78. The van der Waals surface area contributed by atoms with E-state index in [1.165, 1.54) is 0 Å². The number of rotatable bonds is 7. The summed E-state index contributed by atoms with van der Waals surface area (Å²) in [6.45, 7) is 10.8. The minimum Gasteiger partial charge on any atom is -0.462 e. The Morgan fingerprint density at radius 1 is 1.33 bits per heavy atom. The van der Waals surface area contributed by atoms with Crippen molar-refractivity contribution in [3.05, 3.63) is 24.0 Å². The summed E-state index contributed by atoms with van der Waals surface area (Å²) < 4.78 is 9.94. The van der Waals surface area contributed by atoms with E-state index < -0.39 is 17.7 Å². The zero-order valence-electron chi connectivity index (χ0n) is 12.9. The van der Waals surface area contributed by atoms with E-state index in [0.717, 1.165) is 6.21 Å².